The molecule has 3 N–H and O–H groups in total. The first-order chi connectivity index (χ1) is 34.8. The lowest BCUT2D eigenvalue weighted by atomic mass is 10.0. The fourth-order valence-corrected chi connectivity index (χ4v) is 9.46. The highest BCUT2D eigenvalue weighted by Gasteiger charge is 2.26. The molecule has 0 aliphatic carbocycles. The molecule has 0 saturated heterocycles. The number of ether oxygens (including phenoxy) is 2. The van der Waals surface area contributed by atoms with E-state index in [1.54, 1.807) is 0 Å². The lowest BCUT2D eigenvalue weighted by Crippen LogP contribution is -2.29. The van der Waals surface area contributed by atoms with Crippen molar-refractivity contribution in [2.75, 3.05) is 26.4 Å². The second-order valence-electron chi connectivity index (χ2n) is 20.2. The number of rotatable bonds is 57. The van der Waals surface area contributed by atoms with Crippen molar-refractivity contribution in [2.24, 2.45) is 5.73 Å². The Morgan fingerprint density at radius 3 is 1.10 bits per heavy atom. The second kappa shape index (κ2) is 57.3. The van der Waals surface area contributed by atoms with Crippen molar-refractivity contribution >= 4 is 19.8 Å². The van der Waals surface area contributed by atoms with Crippen molar-refractivity contribution in [3.8, 4) is 0 Å². The summed E-state index contributed by atoms with van der Waals surface area (Å²) in [6, 6.07) is 0. The van der Waals surface area contributed by atoms with Crippen LogP contribution in [0.15, 0.2) is 48.6 Å². The van der Waals surface area contributed by atoms with E-state index in [0.29, 0.717) is 6.42 Å². The number of carbonyl (C=O) groups is 2. The normalized spacial score (nSPS) is 13.4. The van der Waals surface area contributed by atoms with Crippen LogP contribution in [-0.4, -0.2) is 49.3 Å². The molecule has 0 spiro atoms. The molecule has 0 heterocycles. The van der Waals surface area contributed by atoms with Crippen molar-refractivity contribution in [1.29, 1.82) is 0 Å². The Labute approximate surface area is 438 Å². The molecule has 0 amide bonds. The van der Waals surface area contributed by atoms with Gasteiger partial charge in [0.2, 0.25) is 0 Å². The van der Waals surface area contributed by atoms with Gasteiger partial charge >= 0.3 is 19.8 Å². The van der Waals surface area contributed by atoms with Crippen LogP contribution in [0.4, 0.5) is 0 Å². The van der Waals surface area contributed by atoms with Gasteiger partial charge in [0.05, 0.1) is 13.2 Å². The molecule has 10 heteroatoms. The average Bonchev–Trinajstić information content (AvgIpc) is 3.36. The highest BCUT2D eigenvalue weighted by Crippen LogP contribution is 2.43. The molecule has 9 nitrogen and oxygen atoms in total. The topological polar surface area (TPSA) is 134 Å². The molecule has 0 saturated carbocycles. The van der Waals surface area contributed by atoms with Gasteiger partial charge in [0.25, 0.3) is 0 Å². The number of hydrogen-bond acceptors (Lipinski definition) is 8. The van der Waals surface area contributed by atoms with E-state index >= 15 is 0 Å². The van der Waals surface area contributed by atoms with Crippen LogP contribution in [0, 0.1) is 0 Å². The van der Waals surface area contributed by atoms with Crippen molar-refractivity contribution in [3.05, 3.63) is 48.6 Å². The van der Waals surface area contributed by atoms with E-state index in [0.717, 1.165) is 44.9 Å². The highest BCUT2D eigenvalue weighted by molar-refractivity contribution is 7.47. The number of phosphoric acid groups is 1. The summed E-state index contributed by atoms with van der Waals surface area (Å²) in [6.07, 6.45) is 70.3. The predicted octanol–water partition coefficient (Wildman–Crippen LogP) is 19.0. The maximum atomic E-state index is 12.7. The van der Waals surface area contributed by atoms with Crippen molar-refractivity contribution in [2.45, 2.75) is 302 Å². The summed E-state index contributed by atoms with van der Waals surface area (Å²) < 4.78 is 33.1. The zero-order valence-corrected chi connectivity index (χ0v) is 47.4. The van der Waals surface area contributed by atoms with E-state index in [2.05, 4.69) is 62.5 Å². The third-order valence-corrected chi connectivity index (χ3v) is 14.2. The van der Waals surface area contributed by atoms with E-state index in [1.807, 2.05) is 0 Å². The fraction of sp³-hybridized carbons (Fsp3) is 0.836. The molecule has 2 unspecified atom stereocenters. The van der Waals surface area contributed by atoms with Crippen LogP contribution in [0.3, 0.4) is 0 Å². The molecular weight excluding hydrogens is 906 g/mol. The Morgan fingerprint density at radius 1 is 0.423 bits per heavy atom. The van der Waals surface area contributed by atoms with E-state index in [-0.39, 0.29) is 38.6 Å². The molecule has 416 valence electrons. The van der Waals surface area contributed by atoms with Crippen LogP contribution in [0.2, 0.25) is 0 Å². The molecule has 0 aromatic rings. The Kier molecular flexibility index (Phi) is 55.6. The third kappa shape index (κ3) is 57.1. The van der Waals surface area contributed by atoms with Crippen LogP contribution >= 0.6 is 7.82 Å². The molecule has 0 aromatic heterocycles. The number of nitrogens with two attached hydrogens (primary N) is 1. The first-order valence-electron chi connectivity index (χ1n) is 30.1. The molecule has 71 heavy (non-hydrogen) atoms. The zero-order chi connectivity index (χ0) is 51.7. The van der Waals surface area contributed by atoms with Gasteiger partial charge in [0.15, 0.2) is 6.10 Å². The number of esters is 2. The molecule has 2 atom stereocenters. The molecule has 0 aliphatic heterocycles. The highest BCUT2D eigenvalue weighted by atomic mass is 31.2. The van der Waals surface area contributed by atoms with Gasteiger partial charge in [0, 0.05) is 19.4 Å². The number of hydrogen-bond donors (Lipinski definition) is 2. The van der Waals surface area contributed by atoms with E-state index < -0.39 is 26.5 Å². The first-order valence-corrected chi connectivity index (χ1v) is 31.6. The summed E-state index contributed by atoms with van der Waals surface area (Å²) in [5.74, 6) is -0.820. The van der Waals surface area contributed by atoms with Gasteiger partial charge in [-0.25, -0.2) is 4.57 Å². The van der Waals surface area contributed by atoms with Crippen molar-refractivity contribution in [1.82, 2.24) is 0 Å². The van der Waals surface area contributed by atoms with Crippen LogP contribution < -0.4 is 5.73 Å². The molecule has 0 fully saturated rings. The summed E-state index contributed by atoms with van der Waals surface area (Å²) >= 11 is 0. The van der Waals surface area contributed by atoms with Gasteiger partial charge in [-0.15, -0.1) is 0 Å². The molecule has 0 aliphatic rings. The van der Waals surface area contributed by atoms with Crippen molar-refractivity contribution in [3.63, 3.8) is 0 Å². The van der Waals surface area contributed by atoms with Gasteiger partial charge in [-0.2, -0.15) is 0 Å². The fourth-order valence-electron chi connectivity index (χ4n) is 8.70. The standard InChI is InChI=1S/C61H114NO8P/c1-3-5-7-9-11-13-15-17-19-21-23-24-25-26-27-28-29-30-31-32-33-34-36-38-40-42-44-46-48-50-52-54-61(64)70-59(58-69-71(65,66)68-56-55-62)57-67-60(63)53-51-49-47-45-43-41-39-37-35-22-20-18-16-14-12-10-8-6-4-2/h12,14-15,17-18,20-21,23,59H,3-11,13,16,19,22,24-58,62H2,1-2H3,(H,65,66)/b14-12-,17-15-,20-18-,23-21-. The number of allylic oxidation sites excluding steroid dienone is 8. The average molecular weight is 1020 g/mol. The molecule has 0 aromatic carbocycles. The van der Waals surface area contributed by atoms with Gasteiger partial charge in [-0.3, -0.25) is 18.6 Å². The monoisotopic (exact) mass is 1020 g/mol. The Hall–Kier alpha value is -2.03. The first kappa shape index (κ1) is 69.0. The maximum absolute atomic E-state index is 12.7. The molecular formula is C61H114NO8P. The third-order valence-electron chi connectivity index (χ3n) is 13.2. The molecule has 0 radical (unpaired) electrons. The minimum absolute atomic E-state index is 0.0533. The lowest BCUT2D eigenvalue weighted by Gasteiger charge is -2.19. The Balaban J connectivity index is 3.89. The van der Waals surface area contributed by atoms with Gasteiger partial charge in [0.1, 0.15) is 6.61 Å². The van der Waals surface area contributed by atoms with Gasteiger partial charge in [-0.1, -0.05) is 255 Å². The summed E-state index contributed by atoms with van der Waals surface area (Å²) in [4.78, 5) is 35.2. The summed E-state index contributed by atoms with van der Waals surface area (Å²) in [5.41, 5.74) is 5.38. The largest absolute Gasteiger partial charge is 0.472 e. The maximum Gasteiger partial charge on any atom is 0.472 e. The van der Waals surface area contributed by atoms with Crippen LogP contribution in [0.5, 0.6) is 0 Å². The van der Waals surface area contributed by atoms with E-state index in [1.165, 1.54) is 218 Å². The second-order valence-corrected chi connectivity index (χ2v) is 21.7. The summed E-state index contributed by atoms with van der Waals surface area (Å²) in [5, 5.41) is 0. The Bertz CT molecular complexity index is 1300. The van der Waals surface area contributed by atoms with Crippen LogP contribution in [0.25, 0.3) is 0 Å². The summed E-state index contributed by atoms with van der Waals surface area (Å²) in [7, 11) is -4.39. The summed E-state index contributed by atoms with van der Waals surface area (Å²) in [6.45, 7) is 3.74. The minimum atomic E-state index is -4.39. The van der Waals surface area contributed by atoms with E-state index in [4.69, 9.17) is 24.3 Å². The molecule has 0 rings (SSSR count). The number of carbonyl (C=O) groups excluding carboxylic acids is 2. The minimum Gasteiger partial charge on any atom is -0.462 e. The van der Waals surface area contributed by atoms with Gasteiger partial charge < -0.3 is 20.1 Å². The van der Waals surface area contributed by atoms with Gasteiger partial charge in [-0.05, 0) is 77.0 Å². The SMILES string of the molecule is CCCCC/C=C\C/C=C\CCCCCCCCCCCC(=O)OCC(COP(=O)(O)OCCN)OC(=O)CCCCCCCCCCCCCCCCCCCCC/C=C\C/C=C\CCCCCCC. The number of phosphoric ester groups is 1. The molecule has 0 bridgehead atoms. The predicted molar refractivity (Wildman–Crippen MR) is 303 cm³/mol. The van der Waals surface area contributed by atoms with Crippen LogP contribution in [0.1, 0.15) is 296 Å². The van der Waals surface area contributed by atoms with Crippen LogP contribution in [-0.2, 0) is 32.7 Å². The quantitative estimate of drug-likeness (QED) is 0.0264. The lowest BCUT2D eigenvalue weighted by molar-refractivity contribution is -0.161. The number of unbranched alkanes of at least 4 members (excludes halogenated alkanes) is 36. The zero-order valence-electron chi connectivity index (χ0n) is 46.5. The smallest absolute Gasteiger partial charge is 0.462 e. The van der Waals surface area contributed by atoms with Crippen molar-refractivity contribution < 1.29 is 37.6 Å². The Morgan fingerprint density at radius 2 is 0.732 bits per heavy atom. The van der Waals surface area contributed by atoms with E-state index in [9.17, 15) is 19.0 Å².